The maximum Gasteiger partial charge on any atom is 0.133 e. The van der Waals surface area contributed by atoms with Gasteiger partial charge in [0.15, 0.2) is 0 Å². The highest BCUT2D eigenvalue weighted by molar-refractivity contribution is 5.79. The lowest BCUT2D eigenvalue weighted by atomic mass is 9.91. The third-order valence-corrected chi connectivity index (χ3v) is 3.24. The van der Waals surface area contributed by atoms with Crippen molar-refractivity contribution in [3.05, 3.63) is 0 Å². The predicted octanol–water partition coefficient (Wildman–Crippen LogP) is 0.829. The quantitative estimate of drug-likeness (QED) is 0.635. The van der Waals surface area contributed by atoms with E-state index in [2.05, 4.69) is 4.90 Å². The summed E-state index contributed by atoms with van der Waals surface area (Å²) in [6.07, 6.45) is 4.15. The van der Waals surface area contributed by atoms with Gasteiger partial charge in [-0.3, -0.25) is 9.69 Å². The largest absolute Gasteiger partial charge is 0.379 e. The molecule has 1 saturated heterocycles. The number of nitrogens with zero attached hydrogens (tertiary/aromatic N) is 1. The van der Waals surface area contributed by atoms with Gasteiger partial charge in [-0.05, 0) is 12.8 Å². The molecule has 1 aliphatic heterocycles. The Balaban J connectivity index is 1.74. The van der Waals surface area contributed by atoms with Crippen molar-refractivity contribution in [2.24, 2.45) is 0 Å². The van der Waals surface area contributed by atoms with E-state index >= 15 is 0 Å². The number of Topliss-reactive ketones (excluding diaryl/α,β-unsaturated/α-hetero) is 1. The fraction of sp³-hybridized carbons (Fsp3) is 0.900. The topological polar surface area (TPSA) is 29.5 Å². The molecule has 0 amide bonds. The molecule has 3 heteroatoms. The summed E-state index contributed by atoms with van der Waals surface area (Å²) < 4.78 is 5.22. The molecule has 0 spiro atoms. The summed E-state index contributed by atoms with van der Waals surface area (Å²) in [7, 11) is 1.77. The van der Waals surface area contributed by atoms with E-state index in [1.165, 1.54) is 0 Å². The SMILES string of the molecule is COC1CN(C2CCC(=O)CC2)C1. The standard InChI is InChI=1S/C10H17NO2/c1-13-10-6-11(7-10)8-2-4-9(12)5-3-8/h8,10H,2-7H2,1H3. The van der Waals surface area contributed by atoms with E-state index in [9.17, 15) is 4.79 Å². The van der Waals surface area contributed by atoms with Crippen molar-refractivity contribution in [2.45, 2.75) is 37.8 Å². The van der Waals surface area contributed by atoms with Gasteiger partial charge in [0.1, 0.15) is 5.78 Å². The monoisotopic (exact) mass is 183 g/mol. The van der Waals surface area contributed by atoms with Crippen LogP contribution in [0.2, 0.25) is 0 Å². The van der Waals surface area contributed by atoms with Gasteiger partial charge in [0, 0.05) is 39.1 Å². The molecule has 0 N–H and O–H groups in total. The van der Waals surface area contributed by atoms with E-state index in [1.54, 1.807) is 7.11 Å². The van der Waals surface area contributed by atoms with Crippen LogP contribution < -0.4 is 0 Å². The van der Waals surface area contributed by atoms with Crippen LogP contribution in [0.25, 0.3) is 0 Å². The maximum atomic E-state index is 11.0. The third-order valence-electron chi connectivity index (χ3n) is 3.24. The summed E-state index contributed by atoms with van der Waals surface area (Å²) in [6, 6.07) is 0.657. The molecular formula is C10H17NO2. The lowest BCUT2D eigenvalue weighted by molar-refractivity contribution is -0.123. The minimum Gasteiger partial charge on any atom is -0.379 e. The van der Waals surface area contributed by atoms with E-state index in [0.717, 1.165) is 38.8 Å². The molecule has 0 aromatic carbocycles. The molecule has 0 bridgehead atoms. The lowest BCUT2D eigenvalue weighted by Crippen LogP contribution is -2.56. The molecule has 1 aliphatic carbocycles. The first-order valence-electron chi connectivity index (χ1n) is 5.08. The second kappa shape index (κ2) is 3.76. The number of carbonyl (C=O) groups is 1. The number of rotatable bonds is 2. The highest BCUT2D eigenvalue weighted by atomic mass is 16.5. The van der Waals surface area contributed by atoms with Crippen molar-refractivity contribution < 1.29 is 9.53 Å². The maximum absolute atomic E-state index is 11.0. The van der Waals surface area contributed by atoms with Gasteiger partial charge in [-0.15, -0.1) is 0 Å². The Morgan fingerprint density at radius 3 is 2.46 bits per heavy atom. The van der Waals surface area contributed by atoms with Crippen molar-refractivity contribution in [1.82, 2.24) is 4.90 Å². The van der Waals surface area contributed by atoms with Gasteiger partial charge in [0.05, 0.1) is 6.10 Å². The Bertz CT molecular complexity index is 189. The van der Waals surface area contributed by atoms with Crippen molar-refractivity contribution in [1.29, 1.82) is 0 Å². The number of likely N-dealkylation sites (tertiary alicyclic amines) is 1. The predicted molar refractivity (Wildman–Crippen MR) is 49.6 cm³/mol. The molecule has 2 aliphatic rings. The molecule has 0 unspecified atom stereocenters. The van der Waals surface area contributed by atoms with E-state index in [1.807, 2.05) is 0 Å². The minimum atomic E-state index is 0.442. The van der Waals surface area contributed by atoms with Gasteiger partial charge in [-0.2, -0.15) is 0 Å². The van der Waals surface area contributed by atoms with Gasteiger partial charge >= 0.3 is 0 Å². The fourth-order valence-corrected chi connectivity index (χ4v) is 2.21. The number of ether oxygens (including phenoxy) is 1. The number of carbonyl (C=O) groups excluding carboxylic acids is 1. The van der Waals surface area contributed by atoms with Gasteiger partial charge in [0.2, 0.25) is 0 Å². The molecule has 13 heavy (non-hydrogen) atoms. The molecule has 2 fully saturated rings. The summed E-state index contributed by atoms with van der Waals surface area (Å²) in [5.74, 6) is 0.445. The normalized spacial score (nSPS) is 27.6. The summed E-state index contributed by atoms with van der Waals surface area (Å²) >= 11 is 0. The Morgan fingerprint density at radius 1 is 1.31 bits per heavy atom. The highest BCUT2D eigenvalue weighted by Crippen LogP contribution is 2.25. The van der Waals surface area contributed by atoms with Crippen molar-refractivity contribution in [3.8, 4) is 0 Å². The zero-order valence-corrected chi connectivity index (χ0v) is 8.16. The molecule has 1 heterocycles. The zero-order chi connectivity index (χ0) is 9.26. The van der Waals surface area contributed by atoms with Gasteiger partial charge < -0.3 is 4.74 Å². The second-order valence-electron chi connectivity index (χ2n) is 4.08. The van der Waals surface area contributed by atoms with Gasteiger partial charge in [-0.25, -0.2) is 0 Å². The molecule has 1 saturated carbocycles. The highest BCUT2D eigenvalue weighted by Gasteiger charge is 2.33. The van der Waals surface area contributed by atoms with Crippen molar-refractivity contribution >= 4 is 5.78 Å². The summed E-state index contributed by atoms with van der Waals surface area (Å²) in [5, 5.41) is 0. The van der Waals surface area contributed by atoms with E-state index in [-0.39, 0.29) is 0 Å². The molecule has 0 atom stereocenters. The van der Waals surface area contributed by atoms with E-state index in [4.69, 9.17) is 4.74 Å². The van der Waals surface area contributed by atoms with Crippen LogP contribution in [-0.2, 0) is 9.53 Å². The molecular weight excluding hydrogens is 166 g/mol. The molecule has 3 nitrogen and oxygen atoms in total. The minimum absolute atomic E-state index is 0.442. The van der Waals surface area contributed by atoms with Crippen LogP contribution in [-0.4, -0.2) is 43.0 Å². The van der Waals surface area contributed by atoms with Crippen LogP contribution >= 0.6 is 0 Å². The average molecular weight is 183 g/mol. The van der Waals surface area contributed by atoms with Gasteiger partial charge in [-0.1, -0.05) is 0 Å². The second-order valence-corrected chi connectivity index (χ2v) is 4.08. The Morgan fingerprint density at radius 2 is 1.92 bits per heavy atom. The smallest absolute Gasteiger partial charge is 0.133 e. The van der Waals surface area contributed by atoms with Crippen LogP contribution in [0.3, 0.4) is 0 Å². The molecule has 74 valence electrons. The number of ketones is 1. The number of hydrogen-bond donors (Lipinski definition) is 0. The molecule has 2 rings (SSSR count). The zero-order valence-electron chi connectivity index (χ0n) is 8.16. The van der Waals surface area contributed by atoms with Crippen LogP contribution in [0.1, 0.15) is 25.7 Å². The van der Waals surface area contributed by atoms with Crippen LogP contribution in [0.5, 0.6) is 0 Å². The molecule has 0 radical (unpaired) electrons. The van der Waals surface area contributed by atoms with Crippen molar-refractivity contribution in [3.63, 3.8) is 0 Å². The lowest BCUT2D eigenvalue weighted by Gasteiger charge is -2.44. The first-order valence-corrected chi connectivity index (χ1v) is 5.08. The summed E-state index contributed by atoms with van der Waals surface area (Å²) in [4.78, 5) is 13.5. The first-order chi connectivity index (χ1) is 6.29. The van der Waals surface area contributed by atoms with E-state index in [0.29, 0.717) is 17.9 Å². The van der Waals surface area contributed by atoms with Crippen molar-refractivity contribution in [2.75, 3.05) is 20.2 Å². The first kappa shape index (κ1) is 9.16. The van der Waals surface area contributed by atoms with Crippen LogP contribution in [0, 0.1) is 0 Å². The number of hydrogen-bond acceptors (Lipinski definition) is 3. The fourth-order valence-electron chi connectivity index (χ4n) is 2.21. The van der Waals surface area contributed by atoms with Gasteiger partial charge in [0.25, 0.3) is 0 Å². The Kier molecular flexibility index (Phi) is 2.65. The number of methoxy groups -OCH3 is 1. The third kappa shape index (κ3) is 1.92. The molecule has 0 aromatic rings. The van der Waals surface area contributed by atoms with Crippen LogP contribution in [0.15, 0.2) is 0 Å². The van der Waals surface area contributed by atoms with Crippen LogP contribution in [0.4, 0.5) is 0 Å². The Hall–Kier alpha value is -0.410. The summed E-state index contributed by atoms with van der Waals surface area (Å²) in [5.41, 5.74) is 0. The Labute approximate surface area is 79.0 Å². The van der Waals surface area contributed by atoms with E-state index < -0.39 is 0 Å². The average Bonchev–Trinajstić information content (AvgIpc) is 2.06. The summed E-state index contributed by atoms with van der Waals surface area (Å²) in [6.45, 7) is 2.13. The molecule has 0 aromatic heterocycles.